The number of carbonyl (C=O) groups excluding carboxylic acids is 2. The molecule has 2 N–H and O–H groups in total. The van der Waals surface area contributed by atoms with E-state index in [1.807, 2.05) is 60.8 Å². The van der Waals surface area contributed by atoms with Crippen molar-refractivity contribution in [3.8, 4) is 11.5 Å². The van der Waals surface area contributed by atoms with E-state index in [0.717, 1.165) is 21.6 Å². The van der Waals surface area contributed by atoms with Crippen LogP contribution in [0, 0.1) is 0 Å². The Kier molecular flexibility index (Phi) is 12.4. The maximum Gasteiger partial charge on any atom is 0.247 e. The van der Waals surface area contributed by atoms with Gasteiger partial charge in [0.25, 0.3) is 0 Å². The fourth-order valence-electron chi connectivity index (χ4n) is 5.16. The van der Waals surface area contributed by atoms with Gasteiger partial charge in [0.1, 0.15) is 17.5 Å². The van der Waals surface area contributed by atoms with Gasteiger partial charge < -0.3 is 24.8 Å². The summed E-state index contributed by atoms with van der Waals surface area (Å²) >= 11 is 1.56. The Labute approximate surface area is 267 Å². The molecule has 0 saturated heterocycles. The molecule has 0 aliphatic carbocycles. The summed E-state index contributed by atoms with van der Waals surface area (Å²) in [5.41, 5.74) is 2.90. The van der Waals surface area contributed by atoms with Gasteiger partial charge in [-0.25, -0.2) is 0 Å². The molecule has 7 nitrogen and oxygen atoms in total. The summed E-state index contributed by atoms with van der Waals surface area (Å²) in [5.74, 6) is 0.648. The van der Waals surface area contributed by atoms with E-state index in [2.05, 4.69) is 46.9 Å². The smallest absolute Gasteiger partial charge is 0.247 e. The van der Waals surface area contributed by atoms with Gasteiger partial charge in [-0.15, -0.1) is 11.3 Å². The standard InChI is InChI=1S/C36H50N2O5S/c1-9-43-20-11-19-37-34(41)32(26-14-16-27(42-8)17-15-26)38(24-28-12-10-21-44-28)31(39)18-13-25-22-29(35(2,3)4)33(40)30(23-25)36(5,6)7/h10,12,14-17,21-23,32,40H,9,11,13,18-20,24H2,1-8H3,(H,37,41)/t32-/m0/s1. The van der Waals surface area contributed by atoms with Crippen molar-refractivity contribution in [2.24, 2.45) is 0 Å². The van der Waals surface area contributed by atoms with Crippen molar-refractivity contribution in [1.29, 1.82) is 0 Å². The van der Waals surface area contributed by atoms with Gasteiger partial charge in [0.2, 0.25) is 11.8 Å². The second-order valence-electron chi connectivity index (χ2n) is 13.2. The highest BCUT2D eigenvalue weighted by molar-refractivity contribution is 7.09. The molecule has 1 aromatic heterocycles. The molecule has 0 radical (unpaired) electrons. The summed E-state index contributed by atoms with van der Waals surface area (Å²) in [7, 11) is 1.60. The number of hydrogen-bond acceptors (Lipinski definition) is 6. The Morgan fingerprint density at radius 1 is 1.00 bits per heavy atom. The third kappa shape index (κ3) is 9.57. The number of phenols is 1. The van der Waals surface area contributed by atoms with Gasteiger partial charge >= 0.3 is 0 Å². The molecule has 0 aliphatic heterocycles. The molecule has 0 spiro atoms. The highest BCUT2D eigenvalue weighted by Gasteiger charge is 2.32. The zero-order chi connectivity index (χ0) is 32.5. The first-order valence-corrected chi connectivity index (χ1v) is 16.3. The number of thiophene rings is 1. The molecule has 44 heavy (non-hydrogen) atoms. The van der Waals surface area contributed by atoms with E-state index in [1.54, 1.807) is 23.3 Å². The van der Waals surface area contributed by atoms with E-state index in [-0.39, 0.29) is 29.1 Å². The molecule has 0 bridgehead atoms. The highest BCUT2D eigenvalue weighted by Crippen LogP contribution is 2.40. The van der Waals surface area contributed by atoms with Gasteiger partial charge in [-0.1, -0.05) is 71.9 Å². The molecule has 3 rings (SSSR count). The number of nitrogens with one attached hydrogen (secondary N) is 1. The summed E-state index contributed by atoms with van der Waals surface area (Å²) < 4.78 is 10.8. The molecule has 1 heterocycles. The number of nitrogens with zero attached hydrogens (tertiary/aromatic N) is 1. The second-order valence-corrected chi connectivity index (χ2v) is 14.2. The predicted octanol–water partition coefficient (Wildman–Crippen LogP) is 7.30. The molecule has 1 atom stereocenters. The molecule has 3 aromatic rings. The molecule has 0 saturated carbocycles. The van der Waals surface area contributed by atoms with Gasteiger partial charge in [0.15, 0.2) is 0 Å². The second kappa shape index (κ2) is 15.6. The van der Waals surface area contributed by atoms with Crippen molar-refractivity contribution in [2.45, 2.75) is 91.1 Å². The van der Waals surface area contributed by atoms with Gasteiger partial charge in [-0.2, -0.15) is 0 Å². The van der Waals surface area contributed by atoms with E-state index < -0.39 is 6.04 Å². The quantitative estimate of drug-likeness (QED) is 0.184. The van der Waals surface area contributed by atoms with Crippen LogP contribution in [0.2, 0.25) is 0 Å². The van der Waals surface area contributed by atoms with Crippen LogP contribution < -0.4 is 10.1 Å². The van der Waals surface area contributed by atoms with Crippen LogP contribution in [0.4, 0.5) is 0 Å². The summed E-state index contributed by atoms with van der Waals surface area (Å²) in [6, 6.07) is 14.5. The highest BCUT2D eigenvalue weighted by atomic mass is 32.1. The molecule has 240 valence electrons. The average molecular weight is 623 g/mol. The molecule has 0 fully saturated rings. The Bertz CT molecular complexity index is 1320. The van der Waals surface area contributed by atoms with Crippen LogP contribution in [0.1, 0.15) is 94.5 Å². The lowest BCUT2D eigenvalue weighted by atomic mass is 9.78. The van der Waals surface area contributed by atoms with E-state index in [0.29, 0.717) is 56.2 Å². The largest absolute Gasteiger partial charge is 0.507 e. The van der Waals surface area contributed by atoms with Crippen molar-refractivity contribution in [2.75, 3.05) is 26.9 Å². The summed E-state index contributed by atoms with van der Waals surface area (Å²) in [6.07, 6.45) is 1.38. The first-order valence-electron chi connectivity index (χ1n) is 15.4. The lowest BCUT2D eigenvalue weighted by Gasteiger charge is -2.32. The molecular formula is C36H50N2O5S. The lowest BCUT2D eigenvalue weighted by molar-refractivity contribution is -0.141. The van der Waals surface area contributed by atoms with Crippen LogP contribution >= 0.6 is 11.3 Å². The third-order valence-corrected chi connectivity index (χ3v) is 8.46. The minimum Gasteiger partial charge on any atom is -0.507 e. The van der Waals surface area contributed by atoms with Crippen LogP contribution in [0.15, 0.2) is 53.9 Å². The Morgan fingerprint density at radius 3 is 2.16 bits per heavy atom. The molecular weight excluding hydrogens is 572 g/mol. The molecule has 2 amide bonds. The van der Waals surface area contributed by atoms with Crippen LogP contribution in [-0.4, -0.2) is 48.7 Å². The number of benzene rings is 2. The van der Waals surface area contributed by atoms with Gasteiger partial charge in [0, 0.05) is 31.1 Å². The molecule has 0 unspecified atom stereocenters. The number of hydrogen-bond donors (Lipinski definition) is 2. The van der Waals surface area contributed by atoms with Crippen LogP contribution in [0.3, 0.4) is 0 Å². The Balaban J connectivity index is 1.97. The molecule has 0 aliphatic rings. The van der Waals surface area contributed by atoms with Crippen LogP contribution in [0.25, 0.3) is 0 Å². The zero-order valence-corrected chi connectivity index (χ0v) is 28.5. The van der Waals surface area contributed by atoms with Crippen LogP contribution in [0.5, 0.6) is 11.5 Å². The van der Waals surface area contributed by atoms with Crippen molar-refractivity contribution in [3.63, 3.8) is 0 Å². The first kappa shape index (κ1) is 35.1. The number of methoxy groups -OCH3 is 1. The number of aromatic hydroxyl groups is 1. The summed E-state index contributed by atoms with van der Waals surface area (Å²) in [6.45, 7) is 16.4. The molecule has 2 aromatic carbocycles. The van der Waals surface area contributed by atoms with Crippen molar-refractivity contribution in [3.05, 3.63) is 81.0 Å². The minimum atomic E-state index is -0.822. The number of rotatable bonds is 14. The Hall–Kier alpha value is -3.36. The maximum absolute atomic E-state index is 14.2. The fraction of sp³-hybridized carbons (Fsp3) is 0.500. The number of ether oxygens (including phenoxy) is 2. The Morgan fingerprint density at radius 2 is 1.64 bits per heavy atom. The third-order valence-electron chi connectivity index (χ3n) is 7.60. The SMILES string of the molecule is CCOCCCNC(=O)[C@H](c1ccc(OC)cc1)N(Cc1cccs1)C(=O)CCc1cc(C(C)(C)C)c(O)c(C(C)(C)C)c1. The molecule has 8 heteroatoms. The van der Waals surface area contributed by atoms with E-state index in [1.165, 1.54) is 0 Å². The first-order chi connectivity index (χ1) is 20.8. The number of amides is 2. The monoisotopic (exact) mass is 622 g/mol. The average Bonchev–Trinajstić information content (AvgIpc) is 3.48. The summed E-state index contributed by atoms with van der Waals surface area (Å²) in [5, 5.41) is 16.2. The predicted molar refractivity (Wildman–Crippen MR) is 179 cm³/mol. The number of carbonyl (C=O) groups is 2. The number of aryl methyl sites for hydroxylation is 1. The van der Waals surface area contributed by atoms with Gasteiger partial charge in [0.05, 0.1) is 13.7 Å². The topological polar surface area (TPSA) is 88.1 Å². The number of phenolic OH excluding ortho intramolecular Hbond substituents is 1. The fourth-order valence-corrected chi connectivity index (χ4v) is 5.86. The van der Waals surface area contributed by atoms with Gasteiger partial charge in [-0.05, 0) is 76.4 Å². The van der Waals surface area contributed by atoms with Crippen molar-refractivity contribution in [1.82, 2.24) is 10.2 Å². The summed E-state index contributed by atoms with van der Waals surface area (Å²) in [4.78, 5) is 30.7. The van der Waals surface area contributed by atoms with Crippen LogP contribution in [-0.2, 0) is 38.1 Å². The van der Waals surface area contributed by atoms with E-state index in [9.17, 15) is 14.7 Å². The van der Waals surface area contributed by atoms with E-state index >= 15 is 0 Å². The van der Waals surface area contributed by atoms with Gasteiger partial charge in [-0.3, -0.25) is 9.59 Å². The van der Waals surface area contributed by atoms with Crippen molar-refractivity contribution >= 4 is 23.2 Å². The zero-order valence-electron chi connectivity index (χ0n) is 27.7. The minimum absolute atomic E-state index is 0.119. The normalized spacial score (nSPS) is 12.5. The van der Waals surface area contributed by atoms with Crippen molar-refractivity contribution < 1.29 is 24.2 Å². The lowest BCUT2D eigenvalue weighted by Crippen LogP contribution is -2.43. The van der Waals surface area contributed by atoms with E-state index in [4.69, 9.17) is 9.47 Å². The maximum atomic E-state index is 14.2.